The van der Waals surface area contributed by atoms with Gasteiger partial charge in [-0.15, -0.1) is 11.8 Å². The van der Waals surface area contributed by atoms with Gasteiger partial charge >= 0.3 is 0 Å². The molecule has 0 spiro atoms. The van der Waals surface area contributed by atoms with Crippen LogP contribution in [0, 0.1) is 5.92 Å². The lowest BCUT2D eigenvalue weighted by atomic mass is 10.0. The molecule has 2 unspecified atom stereocenters. The van der Waals surface area contributed by atoms with Crippen molar-refractivity contribution in [1.29, 1.82) is 0 Å². The lowest BCUT2D eigenvalue weighted by molar-refractivity contribution is -0.130. The number of hydrogen-bond donors (Lipinski definition) is 1. The topological polar surface area (TPSA) is 46.3 Å². The summed E-state index contributed by atoms with van der Waals surface area (Å²) in [4.78, 5) is 15.8. The Kier molecular flexibility index (Phi) is 5.94. The molecule has 24 heavy (non-hydrogen) atoms. The zero-order valence-electron chi connectivity index (χ0n) is 13.8. The maximum Gasteiger partial charge on any atom is 0.224 e. The number of benzene rings is 2. The molecule has 2 N–H and O–H groups in total. The highest BCUT2D eigenvalue weighted by molar-refractivity contribution is 7.99. The van der Waals surface area contributed by atoms with Gasteiger partial charge in [-0.05, 0) is 30.0 Å². The van der Waals surface area contributed by atoms with Crippen LogP contribution in [0.2, 0.25) is 0 Å². The highest BCUT2D eigenvalue weighted by Crippen LogP contribution is 2.26. The van der Waals surface area contributed by atoms with E-state index < -0.39 is 0 Å². The molecule has 0 aliphatic carbocycles. The molecule has 1 aliphatic rings. The summed E-state index contributed by atoms with van der Waals surface area (Å²) in [5, 5.41) is 0. The van der Waals surface area contributed by atoms with Gasteiger partial charge in [0.05, 0.1) is 0 Å². The van der Waals surface area contributed by atoms with Crippen molar-refractivity contribution in [3.05, 3.63) is 66.2 Å². The minimum atomic E-state index is -0.212. The summed E-state index contributed by atoms with van der Waals surface area (Å²) in [7, 11) is 0. The maximum absolute atomic E-state index is 12.5. The van der Waals surface area contributed by atoms with Gasteiger partial charge in [0, 0.05) is 36.2 Å². The number of amides is 1. The SMILES string of the molecule is NC(CC(=O)N1CCC(CSc2ccccc2)C1)c1ccccc1. The molecule has 2 aromatic carbocycles. The third-order valence-electron chi connectivity index (χ3n) is 4.49. The number of carbonyl (C=O) groups excluding carboxylic acids is 1. The Labute approximate surface area is 148 Å². The van der Waals surface area contributed by atoms with Crippen LogP contribution in [-0.4, -0.2) is 29.6 Å². The van der Waals surface area contributed by atoms with E-state index >= 15 is 0 Å². The lowest BCUT2D eigenvalue weighted by Crippen LogP contribution is -2.31. The van der Waals surface area contributed by atoms with Crippen LogP contribution in [-0.2, 0) is 4.79 Å². The average Bonchev–Trinajstić information content (AvgIpc) is 3.11. The van der Waals surface area contributed by atoms with Gasteiger partial charge in [-0.2, -0.15) is 0 Å². The summed E-state index contributed by atoms with van der Waals surface area (Å²) in [5.41, 5.74) is 7.21. The van der Waals surface area contributed by atoms with Gasteiger partial charge in [0.25, 0.3) is 0 Å². The normalized spacial score (nSPS) is 18.5. The molecule has 2 aromatic rings. The molecule has 3 rings (SSSR count). The molecule has 2 atom stereocenters. The molecule has 3 nitrogen and oxygen atoms in total. The van der Waals surface area contributed by atoms with Crippen LogP contribution in [0.1, 0.15) is 24.4 Å². The first kappa shape index (κ1) is 17.1. The Bertz CT molecular complexity index is 647. The van der Waals surface area contributed by atoms with Crippen LogP contribution >= 0.6 is 11.8 Å². The second-order valence-electron chi connectivity index (χ2n) is 6.34. The van der Waals surface area contributed by atoms with E-state index in [1.807, 2.05) is 53.1 Å². The Morgan fingerprint density at radius 3 is 2.50 bits per heavy atom. The van der Waals surface area contributed by atoms with Crippen molar-refractivity contribution in [3.8, 4) is 0 Å². The van der Waals surface area contributed by atoms with Gasteiger partial charge in [0.1, 0.15) is 0 Å². The van der Waals surface area contributed by atoms with Crippen LogP contribution < -0.4 is 5.73 Å². The minimum absolute atomic E-state index is 0.179. The molecule has 0 bridgehead atoms. The second kappa shape index (κ2) is 8.36. The summed E-state index contributed by atoms with van der Waals surface area (Å²) in [6.45, 7) is 1.72. The molecule has 1 aliphatic heterocycles. The second-order valence-corrected chi connectivity index (χ2v) is 7.43. The first-order valence-electron chi connectivity index (χ1n) is 8.48. The van der Waals surface area contributed by atoms with Gasteiger partial charge in [-0.25, -0.2) is 0 Å². The quantitative estimate of drug-likeness (QED) is 0.815. The van der Waals surface area contributed by atoms with Crippen molar-refractivity contribution >= 4 is 17.7 Å². The molecule has 1 saturated heterocycles. The van der Waals surface area contributed by atoms with E-state index in [1.54, 1.807) is 0 Å². The average molecular weight is 340 g/mol. The maximum atomic E-state index is 12.5. The van der Waals surface area contributed by atoms with Crippen LogP contribution in [0.25, 0.3) is 0 Å². The predicted molar refractivity (Wildman–Crippen MR) is 99.8 cm³/mol. The van der Waals surface area contributed by atoms with E-state index in [0.717, 1.165) is 30.8 Å². The van der Waals surface area contributed by atoms with Crippen LogP contribution in [0.15, 0.2) is 65.6 Å². The van der Waals surface area contributed by atoms with Crippen molar-refractivity contribution in [1.82, 2.24) is 4.90 Å². The molecule has 4 heteroatoms. The molecular weight excluding hydrogens is 316 g/mol. The van der Waals surface area contributed by atoms with E-state index in [1.165, 1.54) is 4.90 Å². The van der Waals surface area contributed by atoms with E-state index in [4.69, 9.17) is 5.73 Å². The van der Waals surface area contributed by atoms with Crippen molar-refractivity contribution < 1.29 is 4.79 Å². The smallest absolute Gasteiger partial charge is 0.224 e. The summed E-state index contributed by atoms with van der Waals surface area (Å²) in [6.07, 6.45) is 1.48. The monoisotopic (exact) mass is 340 g/mol. The van der Waals surface area contributed by atoms with E-state index in [-0.39, 0.29) is 11.9 Å². The number of nitrogens with zero attached hydrogens (tertiary/aromatic N) is 1. The first-order chi connectivity index (χ1) is 11.7. The van der Waals surface area contributed by atoms with Gasteiger partial charge in [0.2, 0.25) is 5.91 Å². The van der Waals surface area contributed by atoms with Crippen molar-refractivity contribution in [2.24, 2.45) is 11.7 Å². The number of hydrogen-bond acceptors (Lipinski definition) is 3. The fourth-order valence-corrected chi connectivity index (χ4v) is 4.11. The van der Waals surface area contributed by atoms with Crippen LogP contribution in [0.4, 0.5) is 0 Å². The standard InChI is InChI=1S/C20H24N2OS/c21-19(17-7-3-1-4-8-17)13-20(23)22-12-11-16(14-22)15-24-18-9-5-2-6-10-18/h1-10,16,19H,11-15,21H2. The van der Waals surface area contributed by atoms with E-state index in [2.05, 4.69) is 24.3 Å². The van der Waals surface area contributed by atoms with Gasteiger partial charge < -0.3 is 10.6 Å². The van der Waals surface area contributed by atoms with Gasteiger partial charge in [-0.1, -0.05) is 48.5 Å². The summed E-state index contributed by atoms with van der Waals surface area (Å²) in [6, 6.07) is 20.1. The number of likely N-dealkylation sites (tertiary alicyclic amines) is 1. The van der Waals surface area contributed by atoms with Gasteiger partial charge in [0.15, 0.2) is 0 Å². The first-order valence-corrected chi connectivity index (χ1v) is 9.47. The minimum Gasteiger partial charge on any atom is -0.342 e. The van der Waals surface area contributed by atoms with Crippen LogP contribution in [0.5, 0.6) is 0 Å². The lowest BCUT2D eigenvalue weighted by Gasteiger charge is -2.19. The number of carbonyl (C=O) groups is 1. The highest BCUT2D eigenvalue weighted by Gasteiger charge is 2.27. The van der Waals surface area contributed by atoms with Gasteiger partial charge in [-0.3, -0.25) is 4.79 Å². The van der Waals surface area contributed by atoms with E-state index in [9.17, 15) is 4.79 Å². The Morgan fingerprint density at radius 1 is 1.12 bits per heavy atom. The highest BCUT2D eigenvalue weighted by atomic mass is 32.2. The summed E-state index contributed by atoms with van der Waals surface area (Å²) >= 11 is 1.88. The predicted octanol–water partition coefficient (Wildman–Crippen LogP) is 3.72. The molecule has 126 valence electrons. The fourth-order valence-electron chi connectivity index (χ4n) is 3.06. The number of thioether (sulfide) groups is 1. The third kappa shape index (κ3) is 4.62. The summed E-state index contributed by atoms with van der Waals surface area (Å²) in [5.74, 6) is 1.82. The van der Waals surface area contributed by atoms with Crippen LogP contribution in [0.3, 0.4) is 0 Å². The molecule has 0 radical (unpaired) electrons. The largest absolute Gasteiger partial charge is 0.342 e. The van der Waals surface area contributed by atoms with E-state index in [0.29, 0.717) is 12.3 Å². The summed E-state index contributed by atoms with van der Waals surface area (Å²) < 4.78 is 0. The molecule has 0 saturated carbocycles. The molecular formula is C20H24N2OS. The zero-order valence-corrected chi connectivity index (χ0v) is 14.6. The van der Waals surface area contributed by atoms with Crippen molar-refractivity contribution in [2.45, 2.75) is 23.8 Å². The zero-order chi connectivity index (χ0) is 16.8. The Hall–Kier alpha value is -1.78. The molecule has 1 fully saturated rings. The molecule has 0 aromatic heterocycles. The third-order valence-corrected chi connectivity index (χ3v) is 5.73. The number of nitrogens with two attached hydrogens (primary N) is 1. The number of rotatable bonds is 6. The molecule has 1 amide bonds. The fraction of sp³-hybridized carbons (Fsp3) is 0.350. The Balaban J connectivity index is 1.45. The van der Waals surface area contributed by atoms with Crippen molar-refractivity contribution in [2.75, 3.05) is 18.8 Å². The van der Waals surface area contributed by atoms with Crippen molar-refractivity contribution in [3.63, 3.8) is 0 Å². The Morgan fingerprint density at radius 2 is 1.79 bits per heavy atom. The molecule has 1 heterocycles.